The van der Waals surface area contributed by atoms with E-state index in [4.69, 9.17) is 0 Å². The molecule has 8 heteroatoms. The summed E-state index contributed by atoms with van der Waals surface area (Å²) < 4.78 is 25.6. The second-order valence-corrected chi connectivity index (χ2v) is 10.7. The Balaban J connectivity index is 1.60. The van der Waals surface area contributed by atoms with Crippen LogP contribution in [0.2, 0.25) is 0 Å². The highest BCUT2D eigenvalue weighted by Crippen LogP contribution is 2.33. The van der Waals surface area contributed by atoms with Crippen molar-refractivity contribution in [2.75, 3.05) is 16.8 Å². The van der Waals surface area contributed by atoms with Gasteiger partial charge in [-0.25, -0.2) is 13.4 Å². The first-order valence-electron chi connectivity index (χ1n) is 9.69. The molecular weight excluding hydrogens is 406 g/mol. The Hall–Kier alpha value is -2.32. The number of hydrogen-bond donors (Lipinski definition) is 1. The fraction of sp³-hybridized carbons (Fsp3) is 0.333. The minimum atomic E-state index is -2.96. The van der Waals surface area contributed by atoms with Gasteiger partial charge in [-0.3, -0.25) is 10.1 Å². The number of amides is 1. The zero-order valence-electron chi connectivity index (χ0n) is 16.2. The summed E-state index contributed by atoms with van der Waals surface area (Å²) in [5.41, 5.74) is 2.37. The Kier molecular flexibility index (Phi) is 5.65. The normalized spacial score (nSPS) is 18.2. The quantitative estimate of drug-likeness (QED) is 0.641. The SMILES string of the molecule is CCCn1c(NC(=O)c2ccccc2S[C@@H]2CCS(=O)(=O)C2)nc2ccccc21. The number of rotatable bonds is 6. The lowest BCUT2D eigenvalue weighted by atomic mass is 10.2. The molecule has 29 heavy (non-hydrogen) atoms. The highest BCUT2D eigenvalue weighted by Gasteiger charge is 2.29. The first-order valence-corrected chi connectivity index (χ1v) is 12.4. The highest BCUT2D eigenvalue weighted by atomic mass is 32.2. The van der Waals surface area contributed by atoms with Crippen molar-refractivity contribution in [2.45, 2.75) is 36.5 Å². The molecule has 1 fully saturated rings. The van der Waals surface area contributed by atoms with Crippen molar-refractivity contribution >= 4 is 44.5 Å². The third-order valence-electron chi connectivity index (χ3n) is 4.94. The van der Waals surface area contributed by atoms with Gasteiger partial charge >= 0.3 is 0 Å². The van der Waals surface area contributed by atoms with Crippen LogP contribution in [0, 0.1) is 0 Å². The van der Waals surface area contributed by atoms with Crippen molar-refractivity contribution in [3.05, 3.63) is 54.1 Å². The molecule has 0 saturated carbocycles. The van der Waals surface area contributed by atoms with Gasteiger partial charge in [0, 0.05) is 16.7 Å². The number of carbonyl (C=O) groups is 1. The van der Waals surface area contributed by atoms with Crippen molar-refractivity contribution in [1.82, 2.24) is 9.55 Å². The average Bonchev–Trinajstić information content (AvgIpc) is 3.22. The summed E-state index contributed by atoms with van der Waals surface area (Å²) >= 11 is 1.47. The van der Waals surface area contributed by atoms with E-state index in [2.05, 4.69) is 17.2 Å². The molecule has 152 valence electrons. The Morgan fingerprint density at radius 3 is 2.72 bits per heavy atom. The summed E-state index contributed by atoms with van der Waals surface area (Å²) in [5.74, 6) is 0.683. The zero-order valence-corrected chi connectivity index (χ0v) is 17.8. The lowest BCUT2D eigenvalue weighted by Gasteiger charge is -2.13. The van der Waals surface area contributed by atoms with E-state index in [1.54, 1.807) is 6.07 Å². The zero-order chi connectivity index (χ0) is 20.4. The smallest absolute Gasteiger partial charge is 0.259 e. The van der Waals surface area contributed by atoms with Gasteiger partial charge in [-0.05, 0) is 37.1 Å². The van der Waals surface area contributed by atoms with Gasteiger partial charge in [0.1, 0.15) is 0 Å². The summed E-state index contributed by atoms with van der Waals surface area (Å²) in [6.07, 6.45) is 1.54. The van der Waals surface area contributed by atoms with Crippen molar-refractivity contribution in [3.8, 4) is 0 Å². The number of imidazole rings is 1. The maximum Gasteiger partial charge on any atom is 0.259 e. The van der Waals surface area contributed by atoms with Crippen LogP contribution in [0.1, 0.15) is 30.1 Å². The van der Waals surface area contributed by atoms with Crippen LogP contribution in [-0.2, 0) is 16.4 Å². The standard InChI is InChI=1S/C21H23N3O3S2/c1-2-12-24-18-9-5-4-8-17(18)22-21(24)23-20(25)16-7-3-6-10-19(16)28-15-11-13-29(26,27)14-15/h3-10,15H,2,11-14H2,1H3,(H,22,23,25)/t15-/m1/s1. The summed E-state index contributed by atoms with van der Waals surface area (Å²) in [7, 11) is -2.96. The molecule has 1 N–H and O–H groups in total. The monoisotopic (exact) mass is 429 g/mol. The largest absolute Gasteiger partial charge is 0.310 e. The number of para-hydroxylation sites is 2. The van der Waals surface area contributed by atoms with Gasteiger partial charge in [0.05, 0.1) is 28.1 Å². The number of thioether (sulfide) groups is 1. The molecule has 0 bridgehead atoms. The number of aromatic nitrogens is 2. The van der Waals surface area contributed by atoms with Gasteiger partial charge in [-0.2, -0.15) is 0 Å². The lowest BCUT2D eigenvalue weighted by Crippen LogP contribution is -2.17. The Labute approximate surface area is 174 Å². The number of nitrogens with one attached hydrogen (secondary N) is 1. The molecule has 3 aromatic rings. The maximum atomic E-state index is 13.1. The minimum absolute atomic E-state index is 0.0152. The molecule has 4 rings (SSSR count). The van der Waals surface area contributed by atoms with Crippen LogP contribution in [0.4, 0.5) is 5.95 Å². The van der Waals surface area contributed by atoms with Gasteiger partial charge < -0.3 is 4.57 Å². The number of aryl methyl sites for hydroxylation is 1. The number of benzene rings is 2. The van der Waals surface area contributed by atoms with Crippen LogP contribution in [-0.4, -0.2) is 40.6 Å². The van der Waals surface area contributed by atoms with Gasteiger partial charge in [0.25, 0.3) is 5.91 Å². The van der Waals surface area contributed by atoms with E-state index in [1.165, 1.54) is 11.8 Å². The summed E-state index contributed by atoms with van der Waals surface area (Å²) in [5, 5.41) is 2.95. The van der Waals surface area contributed by atoms with Crippen LogP contribution in [0.3, 0.4) is 0 Å². The van der Waals surface area contributed by atoms with Crippen LogP contribution in [0.15, 0.2) is 53.4 Å². The Morgan fingerprint density at radius 2 is 1.97 bits per heavy atom. The Morgan fingerprint density at radius 1 is 1.21 bits per heavy atom. The molecule has 2 aromatic carbocycles. The van der Waals surface area contributed by atoms with E-state index in [-0.39, 0.29) is 22.7 Å². The van der Waals surface area contributed by atoms with Crippen LogP contribution < -0.4 is 5.32 Å². The first-order chi connectivity index (χ1) is 14.0. The topological polar surface area (TPSA) is 81.1 Å². The molecule has 1 atom stereocenters. The molecule has 0 spiro atoms. The van der Waals surface area contributed by atoms with E-state index < -0.39 is 9.84 Å². The van der Waals surface area contributed by atoms with E-state index in [9.17, 15) is 13.2 Å². The number of carbonyl (C=O) groups excluding carboxylic acids is 1. The molecule has 1 saturated heterocycles. The summed E-state index contributed by atoms with van der Waals surface area (Å²) in [4.78, 5) is 18.5. The number of nitrogens with zero attached hydrogens (tertiary/aromatic N) is 2. The van der Waals surface area contributed by atoms with E-state index in [0.29, 0.717) is 17.9 Å². The van der Waals surface area contributed by atoms with Crippen molar-refractivity contribution in [3.63, 3.8) is 0 Å². The molecular formula is C21H23N3O3S2. The predicted octanol–water partition coefficient (Wildman–Crippen LogP) is 3.98. The first kappa shape index (κ1) is 20.0. The van der Waals surface area contributed by atoms with E-state index in [1.807, 2.05) is 47.0 Å². The van der Waals surface area contributed by atoms with Crippen LogP contribution >= 0.6 is 11.8 Å². The van der Waals surface area contributed by atoms with Crippen LogP contribution in [0.25, 0.3) is 11.0 Å². The third-order valence-corrected chi connectivity index (χ3v) is 8.27. The summed E-state index contributed by atoms with van der Waals surface area (Å²) in [6, 6.07) is 15.2. The average molecular weight is 430 g/mol. The molecule has 1 aliphatic heterocycles. The molecule has 0 aliphatic carbocycles. The minimum Gasteiger partial charge on any atom is -0.310 e. The van der Waals surface area contributed by atoms with E-state index in [0.717, 1.165) is 28.9 Å². The second-order valence-electron chi connectivity index (χ2n) is 7.17. The molecule has 2 heterocycles. The van der Waals surface area contributed by atoms with Gasteiger partial charge in [0.15, 0.2) is 9.84 Å². The van der Waals surface area contributed by atoms with Gasteiger partial charge in [-0.15, -0.1) is 11.8 Å². The molecule has 6 nitrogen and oxygen atoms in total. The molecule has 1 aromatic heterocycles. The summed E-state index contributed by atoms with van der Waals surface area (Å²) in [6.45, 7) is 2.84. The molecule has 0 radical (unpaired) electrons. The van der Waals surface area contributed by atoms with E-state index >= 15 is 0 Å². The van der Waals surface area contributed by atoms with Crippen LogP contribution in [0.5, 0.6) is 0 Å². The Bertz CT molecular complexity index is 1150. The highest BCUT2D eigenvalue weighted by molar-refractivity contribution is 8.02. The second kappa shape index (κ2) is 8.20. The fourth-order valence-corrected chi connectivity index (χ4v) is 7.21. The van der Waals surface area contributed by atoms with Gasteiger partial charge in [-0.1, -0.05) is 31.2 Å². The predicted molar refractivity (Wildman–Crippen MR) is 117 cm³/mol. The maximum absolute atomic E-state index is 13.1. The molecule has 0 unspecified atom stereocenters. The van der Waals surface area contributed by atoms with Crippen molar-refractivity contribution in [2.24, 2.45) is 0 Å². The number of hydrogen-bond acceptors (Lipinski definition) is 5. The fourth-order valence-electron chi connectivity index (χ4n) is 3.58. The molecule has 1 amide bonds. The number of anilines is 1. The van der Waals surface area contributed by atoms with Crippen molar-refractivity contribution in [1.29, 1.82) is 0 Å². The number of fused-ring (bicyclic) bond motifs is 1. The van der Waals surface area contributed by atoms with Gasteiger partial charge in [0.2, 0.25) is 5.95 Å². The number of sulfone groups is 1. The third kappa shape index (κ3) is 4.33. The molecule has 1 aliphatic rings. The van der Waals surface area contributed by atoms with Crippen molar-refractivity contribution < 1.29 is 13.2 Å². The lowest BCUT2D eigenvalue weighted by molar-refractivity contribution is 0.102.